The van der Waals surface area contributed by atoms with Gasteiger partial charge in [0, 0.05) is 17.0 Å². The molecule has 0 radical (unpaired) electrons. The van der Waals surface area contributed by atoms with E-state index in [1.54, 1.807) is 24.3 Å². The molecule has 30 heavy (non-hydrogen) atoms. The summed E-state index contributed by atoms with van der Waals surface area (Å²) < 4.78 is 16.0. The summed E-state index contributed by atoms with van der Waals surface area (Å²) in [5.74, 6) is -0.616. The van der Waals surface area contributed by atoms with Gasteiger partial charge in [-0.25, -0.2) is 4.79 Å². The Morgan fingerprint density at radius 3 is 2.63 bits per heavy atom. The fraction of sp³-hybridized carbons (Fsp3) is 0.261. The monoisotopic (exact) mass is 409 g/mol. The molecule has 7 nitrogen and oxygen atoms in total. The summed E-state index contributed by atoms with van der Waals surface area (Å²) in [6.45, 7) is 5.62. The summed E-state index contributed by atoms with van der Waals surface area (Å²) in [4.78, 5) is 36.4. The number of rotatable bonds is 7. The SMILES string of the molecule is CCOc1ccccc1C(=O)NCC(=O)OCc1cc(=O)oc2c(C)c(C)ccc12. The number of esters is 1. The van der Waals surface area contributed by atoms with Crippen LogP contribution in [0.3, 0.4) is 0 Å². The minimum Gasteiger partial charge on any atom is -0.493 e. The average molecular weight is 409 g/mol. The number of hydrogen-bond donors (Lipinski definition) is 1. The molecule has 3 rings (SSSR count). The zero-order chi connectivity index (χ0) is 21.7. The van der Waals surface area contributed by atoms with E-state index in [1.807, 2.05) is 32.9 Å². The van der Waals surface area contributed by atoms with E-state index in [0.717, 1.165) is 11.1 Å². The van der Waals surface area contributed by atoms with Crippen molar-refractivity contribution in [1.82, 2.24) is 5.32 Å². The molecule has 1 amide bonds. The molecule has 156 valence electrons. The smallest absolute Gasteiger partial charge is 0.336 e. The van der Waals surface area contributed by atoms with Crippen molar-refractivity contribution in [3.05, 3.63) is 75.1 Å². The molecule has 0 fully saturated rings. The summed E-state index contributed by atoms with van der Waals surface area (Å²) in [5.41, 5.74) is 2.71. The Morgan fingerprint density at radius 2 is 1.87 bits per heavy atom. The van der Waals surface area contributed by atoms with Crippen molar-refractivity contribution < 1.29 is 23.5 Å². The highest BCUT2D eigenvalue weighted by molar-refractivity contribution is 5.98. The Bertz CT molecular complexity index is 1150. The van der Waals surface area contributed by atoms with Gasteiger partial charge in [-0.2, -0.15) is 0 Å². The fourth-order valence-corrected chi connectivity index (χ4v) is 3.04. The number of nitrogens with one attached hydrogen (secondary N) is 1. The van der Waals surface area contributed by atoms with Crippen LogP contribution in [0.4, 0.5) is 0 Å². The summed E-state index contributed by atoms with van der Waals surface area (Å²) in [6.07, 6.45) is 0. The number of ether oxygens (including phenoxy) is 2. The highest BCUT2D eigenvalue weighted by atomic mass is 16.5. The van der Waals surface area contributed by atoms with Crippen molar-refractivity contribution in [3.8, 4) is 5.75 Å². The lowest BCUT2D eigenvalue weighted by Gasteiger charge is -2.11. The minimum absolute atomic E-state index is 0.102. The Morgan fingerprint density at radius 1 is 1.10 bits per heavy atom. The van der Waals surface area contributed by atoms with Crippen LogP contribution >= 0.6 is 0 Å². The molecule has 0 spiro atoms. The molecule has 2 aromatic carbocycles. The van der Waals surface area contributed by atoms with Gasteiger partial charge >= 0.3 is 11.6 Å². The number of para-hydroxylation sites is 1. The molecule has 0 bridgehead atoms. The van der Waals surface area contributed by atoms with Gasteiger partial charge in [-0.3, -0.25) is 9.59 Å². The van der Waals surface area contributed by atoms with Crippen LogP contribution in [0.2, 0.25) is 0 Å². The number of amides is 1. The second-order valence-electron chi connectivity index (χ2n) is 6.75. The quantitative estimate of drug-likeness (QED) is 0.475. The van der Waals surface area contributed by atoms with Gasteiger partial charge < -0.3 is 19.2 Å². The van der Waals surface area contributed by atoms with Gasteiger partial charge in [0.1, 0.15) is 24.5 Å². The van der Waals surface area contributed by atoms with Gasteiger partial charge in [0.15, 0.2) is 0 Å². The third kappa shape index (κ3) is 4.68. The van der Waals surface area contributed by atoms with Crippen LogP contribution in [0, 0.1) is 13.8 Å². The molecule has 0 saturated heterocycles. The number of aryl methyl sites for hydroxylation is 2. The van der Waals surface area contributed by atoms with Crippen LogP contribution in [0.1, 0.15) is 34.0 Å². The van der Waals surface area contributed by atoms with Crippen molar-refractivity contribution in [3.63, 3.8) is 0 Å². The molecule has 7 heteroatoms. The van der Waals surface area contributed by atoms with Crippen molar-refractivity contribution in [2.24, 2.45) is 0 Å². The number of fused-ring (bicyclic) bond motifs is 1. The molecule has 0 unspecified atom stereocenters. The Labute approximate surface area is 173 Å². The third-order valence-corrected chi connectivity index (χ3v) is 4.73. The van der Waals surface area contributed by atoms with Crippen LogP contribution in [0.5, 0.6) is 5.75 Å². The third-order valence-electron chi connectivity index (χ3n) is 4.73. The van der Waals surface area contributed by atoms with Crippen LogP contribution < -0.4 is 15.7 Å². The van der Waals surface area contributed by atoms with Gasteiger partial charge in [0.2, 0.25) is 0 Å². The molecule has 1 aromatic heterocycles. The van der Waals surface area contributed by atoms with E-state index in [1.165, 1.54) is 6.07 Å². The molecule has 0 atom stereocenters. The van der Waals surface area contributed by atoms with Crippen LogP contribution in [0.25, 0.3) is 11.0 Å². The molecule has 1 N–H and O–H groups in total. The average Bonchev–Trinajstić information content (AvgIpc) is 2.74. The number of benzene rings is 2. The predicted octanol–water partition coefficient (Wildman–Crippen LogP) is 3.28. The first-order valence-corrected chi connectivity index (χ1v) is 9.59. The van der Waals surface area contributed by atoms with E-state index in [2.05, 4.69) is 5.32 Å². The molecule has 0 aliphatic rings. The standard InChI is InChI=1S/C23H23NO6/c1-4-28-19-8-6-5-7-18(19)23(27)24-12-21(26)29-13-16-11-20(25)30-22-15(3)14(2)9-10-17(16)22/h5-11H,4,12-13H2,1-3H3,(H,24,27). The first-order valence-electron chi connectivity index (χ1n) is 9.59. The number of carbonyl (C=O) groups is 2. The Balaban J connectivity index is 1.65. The van der Waals surface area contributed by atoms with Crippen LogP contribution in [-0.4, -0.2) is 25.0 Å². The number of carbonyl (C=O) groups excluding carboxylic acids is 2. The minimum atomic E-state index is -0.623. The Kier molecular flexibility index (Phi) is 6.51. The van der Waals surface area contributed by atoms with Gasteiger partial charge in [-0.15, -0.1) is 0 Å². The molecule has 0 aliphatic carbocycles. The zero-order valence-corrected chi connectivity index (χ0v) is 17.1. The fourth-order valence-electron chi connectivity index (χ4n) is 3.04. The molecule has 0 saturated carbocycles. The van der Waals surface area contributed by atoms with Gasteiger partial charge in [-0.1, -0.05) is 24.3 Å². The maximum Gasteiger partial charge on any atom is 0.336 e. The zero-order valence-electron chi connectivity index (χ0n) is 17.1. The van der Waals surface area contributed by atoms with E-state index in [0.29, 0.717) is 34.5 Å². The lowest BCUT2D eigenvalue weighted by molar-refractivity contribution is -0.143. The maximum atomic E-state index is 12.4. The first kappa shape index (κ1) is 21.1. The van der Waals surface area contributed by atoms with E-state index in [4.69, 9.17) is 13.9 Å². The lowest BCUT2D eigenvalue weighted by Crippen LogP contribution is -2.31. The highest BCUT2D eigenvalue weighted by Crippen LogP contribution is 2.23. The van der Waals surface area contributed by atoms with E-state index < -0.39 is 17.5 Å². The van der Waals surface area contributed by atoms with E-state index in [9.17, 15) is 14.4 Å². The normalized spacial score (nSPS) is 10.6. The lowest BCUT2D eigenvalue weighted by atomic mass is 10.0. The largest absolute Gasteiger partial charge is 0.493 e. The maximum absolute atomic E-state index is 12.4. The summed E-state index contributed by atoms with van der Waals surface area (Å²) in [6, 6.07) is 11.8. The van der Waals surface area contributed by atoms with Crippen molar-refractivity contribution in [2.45, 2.75) is 27.4 Å². The first-order chi connectivity index (χ1) is 14.4. The van der Waals surface area contributed by atoms with Crippen molar-refractivity contribution in [1.29, 1.82) is 0 Å². The van der Waals surface area contributed by atoms with E-state index >= 15 is 0 Å². The topological polar surface area (TPSA) is 94.8 Å². The molecular weight excluding hydrogens is 386 g/mol. The number of hydrogen-bond acceptors (Lipinski definition) is 6. The van der Waals surface area contributed by atoms with E-state index in [-0.39, 0.29) is 13.2 Å². The predicted molar refractivity (Wildman–Crippen MR) is 112 cm³/mol. The van der Waals surface area contributed by atoms with Gasteiger partial charge in [0.05, 0.1) is 12.2 Å². The second kappa shape index (κ2) is 9.26. The van der Waals surface area contributed by atoms with Crippen LogP contribution in [0.15, 0.2) is 51.7 Å². The molecule has 1 heterocycles. The summed E-state index contributed by atoms with van der Waals surface area (Å²) in [7, 11) is 0. The molecular formula is C23H23NO6. The van der Waals surface area contributed by atoms with Crippen LogP contribution in [-0.2, 0) is 16.1 Å². The molecule has 0 aliphatic heterocycles. The summed E-state index contributed by atoms with van der Waals surface area (Å²) in [5, 5.41) is 3.23. The van der Waals surface area contributed by atoms with Gasteiger partial charge in [0.25, 0.3) is 5.91 Å². The highest BCUT2D eigenvalue weighted by Gasteiger charge is 2.15. The summed E-state index contributed by atoms with van der Waals surface area (Å²) >= 11 is 0. The molecule has 3 aromatic rings. The Hall–Kier alpha value is -3.61. The second-order valence-corrected chi connectivity index (χ2v) is 6.75. The van der Waals surface area contributed by atoms with Gasteiger partial charge in [-0.05, 0) is 44.0 Å². The van der Waals surface area contributed by atoms with Crippen molar-refractivity contribution in [2.75, 3.05) is 13.2 Å². The van der Waals surface area contributed by atoms with Crippen molar-refractivity contribution >= 4 is 22.8 Å².